The van der Waals surface area contributed by atoms with Gasteiger partial charge >= 0.3 is 0 Å². The molecule has 0 unspecified atom stereocenters. The number of pyridine rings is 1. The van der Waals surface area contributed by atoms with Crippen LogP contribution in [0.25, 0.3) is 11.4 Å². The lowest BCUT2D eigenvalue weighted by Gasteiger charge is -2.27. The van der Waals surface area contributed by atoms with Crippen LogP contribution in [-0.2, 0) is 6.61 Å². The fourth-order valence-corrected chi connectivity index (χ4v) is 3.65. The van der Waals surface area contributed by atoms with Crippen LogP contribution in [0, 0.1) is 0 Å². The number of rotatable bonds is 6. The zero-order valence-corrected chi connectivity index (χ0v) is 15.8. The lowest BCUT2D eigenvalue weighted by molar-refractivity contribution is 0.242. The molecule has 0 N–H and O–H groups in total. The van der Waals surface area contributed by atoms with Crippen molar-refractivity contribution >= 4 is 17.6 Å². The number of benzene rings is 1. The van der Waals surface area contributed by atoms with Crippen LogP contribution in [0.2, 0.25) is 0 Å². The summed E-state index contributed by atoms with van der Waals surface area (Å²) >= 11 is 1.98. The van der Waals surface area contributed by atoms with E-state index in [4.69, 9.17) is 14.0 Å². The molecule has 27 heavy (non-hydrogen) atoms. The van der Waals surface area contributed by atoms with Gasteiger partial charge in [0.1, 0.15) is 17.3 Å². The molecule has 0 bridgehead atoms. The third-order valence-corrected chi connectivity index (χ3v) is 5.17. The van der Waals surface area contributed by atoms with Gasteiger partial charge in [0.2, 0.25) is 5.82 Å². The van der Waals surface area contributed by atoms with Gasteiger partial charge in [0.25, 0.3) is 5.89 Å². The number of hydrogen-bond acceptors (Lipinski definition) is 8. The van der Waals surface area contributed by atoms with E-state index in [0.717, 1.165) is 41.7 Å². The van der Waals surface area contributed by atoms with Gasteiger partial charge < -0.3 is 18.9 Å². The maximum absolute atomic E-state index is 5.66. The predicted molar refractivity (Wildman–Crippen MR) is 104 cm³/mol. The van der Waals surface area contributed by atoms with Crippen molar-refractivity contribution in [2.75, 3.05) is 36.6 Å². The molecule has 140 valence electrons. The topological polar surface area (TPSA) is 73.5 Å². The minimum Gasteiger partial charge on any atom is -0.497 e. The van der Waals surface area contributed by atoms with Crippen molar-refractivity contribution in [2.24, 2.45) is 0 Å². The van der Waals surface area contributed by atoms with Crippen LogP contribution in [0.1, 0.15) is 5.89 Å². The molecule has 0 aliphatic carbocycles. The summed E-state index contributed by atoms with van der Waals surface area (Å²) in [7, 11) is 1.63. The number of thioether (sulfide) groups is 1. The van der Waals surface area contributed by atoms with Crippen molar-refractivity contribution in [1.82, 2.24) is 15.1 Å². The van der Waals surface area contributed by atoms with Gasteiger partial charge in [-0.15, -0.1) is 0 Å². The van der Waals surface area contributed by atoms with Crippen LogP contribution in [0.3, 0.4) is 0 Å². The zero-order chi connectivity index (χ0) is 18.5. The summed E-state index contributed by atoms with van der Waals surface area (Å²) in [6.45, 7) is 2.27. The third kappa shape index (κ3) is 4.33. The molecule has 1 aliphatic heterocycles. The van der Waals surface area contributed by atoms with E-state index in [1.165, 1.54) is 0 Å². The molecule has 0 spiro atoms. The van der Waals surface area contributed by atoms with E-state index >= 15 is 0 Å². The van der Waals surface area contributed by atoms with Gasteiger partial charge in [0.05, 0.1) is 7.11 Å². The molecular formula is C19H20N4O3S. The fraction of sp³-hybridized carbons (Fsp3) is 0.316. The largest absolute Gasteiger partial charge is 0.497 e. The Bertz CT molecular complexity index is 861. The highest BCUT2D eigenvalue weighted by molar-refractivity contribution is 7.99. The molecule has 0 saturated carbocycles. The molecule has 2 aromatic heterocycles. The summed E-state index contributed by atoms with van der Waals surface area (Å²) < 4.78 is 16.1. The fourth-order valence-electron chi connectivity index (χ4n) is 2.75. The van der Waals surface area contributed by atoms with Crippen molar-refractivity contribution in [2.45, 2.75) is 6.61 Å². The normalized spacial score (nSPS) is 14.2. The number of hydrogen-bond donors (Lipinski definition) is 0. The van der Waals surface area contributed by atoms with Crippen LogP contribution in [0.4, 0.5) is 5.82 Å². The lowest BCUT2D eigenvalue weighted by Crippen LogP contribution is -2.32. The average molecular weight is 384 g/mol. The van der Waals surface area contributed by atoms with Crippen molar-refractivity contribution in [1.29, 1.82) is 0 Å². The highest BCUT2D eigenvalue weighted by Gasteiger charge is 2.14. The van der Waals surface area contributed by atoms with Crippen molar-refractivity contribution in [3.05, 3.63) is 48.5 Å². The van der Waals surface area contributed by atoms with Crippen LogP contribution in [-0.4, -0.2) is 46.8 Å². The van der Waals surface area contributed by atoms with Crippen molar-refractivity contribution < 1.29 is 14.0 Å². The summed E-state index contributed by atoms with van der Waals surface area (Å²) in [5.41, 5.74) is 0.824. The Kier molecular flexibility index (Phi) is 5.43. The smallest absolute Gasteiger partial charge is 0.264 e. The third-order valence-electron chi connectivity index (χ3n) is 4.23. The quantitative estimate of drug-likeness (QED) is 0.641. The standard InChI is InChI=1S/C19H20N4O3S/c1-24-15-3-5-16(6-4-15)25-13-18-21-19(22-26-18)14-2-7-17(20-12-14)23-8-10-27-11-9-23/h2-7,12H,8-11,13H2,1H3. The van der Waals surface area contributed by atoms with E-state index in [1.807, 2.05) is 48.2 Å². The summed E-state index contributed by atoms with van der Waals surface area (Å²) in [6, 6.07) is 11.3. The zero-order valence-electron chi connectivity index (χ0n) is 15.0. The highest BCUT2D eigenvalue weighted by atomic mass is 32.2. The summed E-state index contributed by atoms with van der Waals surface area (Å²) in [6.07, 6.45) is 1.79. The molecule has 8 heteroatoms. The van der Waals surface area contributed by atoms with Crippen LogP contribution in [0.15, 0.2) is 47.1 Å². The first kappa shape index (κ1) is 17.7. The van der Waals surface area contributed by atoms with Gasteiger partial charge in [-0.3, -0.25) is 0 Å². The summed E-state index contributed by atoms with van der Waals surface area (Å²) in [5.74, 6) is 5.69. The van der Waals surface area contributed by atoms with Gasteiger partial charge in [0, 0.05) is 36.4 Å². The number of methoxy groups -OCH3 is 1. The molecule has 7 nitrogen and oxygen atoms in total. The monoisotopic (exact) mass is 384 g/mol. The molecule has 1 aliphatic rings. The second kappa shape index (κ2) is 8.30. The molecule has 0 radical (unpaired) electrons. The van der Waals surface area contributed by atoms with Crippen LogP contribution in [0.5, 0.6) is 11.5 Å². The Morgan fingerprint density at radius 2 is 1.85 bits per heavy atom. The van der Waals surface area contributed by atoms with Gasteiger partial charge in [-0.05, 0) is 36.4 Å². The van der Waals surface area contributed by atoms with E-state index < -0.39 is 0 Å². The molecule has 1 aromatic carbocycles. The molecular weight excluding hydrogens is 364 g/mol. The van der Waals surface area contributed by atoms with Crippen molar-refractivity contribution in [3.8, 4) is 22.9 Å². The van der Waals surface area contributed by atoms with E-state index in [1.54, 1.807) is 13.3 Å². The van der Waals surface area contributed by atoms with E-state index in [-0.39, 0.29) is 6.61 Å². The van der Waals surface area contributed by atoms with E-state index in [0.29, 0.717) is 17.5 Å². The Hall–Kier alpha value is -2.74. The first-order valence-corrected chi connectivity index (χ1v) is 9.86. The van der Waals surface area contributed by atoms with Gasteiger partial charge in [0.15, 0.2) is 6.61 Å². The summed E-state index contributed by atoms with van der Waals surface area (Å²) in [5, 5.41) is 4.03. The number of aromatic nitrogens is 3. The molecule has 4 rings (SSSR count). The summed E-state index contributed by atoms with van der Waals surface area (Å²) in [4.78, 5) is 11.2. The second-order valence-corrected chi connectivity index (χ2v) is 7.21. The number of anilines is 1. The molecule has 3 aromatic rings. The van der Waals surface area contributed by atoms with Gasteiger partial charge in [-0.1, -0.05) is 5.16 Å². The van der Waals surface area contributed by atoms with E-state index in [2.05, 4.69) is 20.0 Å². The SMILES string of the molecule is COc1ccc(OCc2nc(-c3ccc(N4CCSCC4)nc3)no2)cc1. The maximum Gasteiger partial charge on any atom is 0.264 e. The maximum atomic E-state index is 5.66. The molecule has 0 amide bonds. The Labute approximate surface area is 161 Å². The number of nitrogens with zero attached hydrogens (tertiary/aromatic N) is 4. The molecule has 0 atom stereocenters. The average Bonchev–Trinajstić information content (AvgIpc) is 3.22. The van der Waals surface area contributed by atoms with E-state index in [9.17, 15) is 0 Å². The highest BCUT2D eigenvalue weighted by Crippen LogP contribution is 2.22. The number of ether oxygens (including phenoxy) is 2. The Balaban J connectivity index is 1.38. The molecule has 1 saturated heterocycles. The Morgan fingerprint density at radius 1 is 1.07 bits per heavy atom. The van der Waals surface area contributed by atoms with Gasteiger partial charge in [-0.25, -0.2) is 4.98 Å². The Morgan fingerprint density at radius 3 is 2.56 bits per heavy atom. The minimum absolute atomic E-state index is 0.205. The van der Waals surface area contributed by atoms with Crippen LogP contribution >= 0.6 is 11.8 Å². The van der Waals surface area contributed by atoms with Crippen LogP contribution < -0.4 is 14.4 Å². The predicted octanol–water partition coefficient (Wildman–Crippen LogP) is 3.27. The molecule has 3 heterocycles. The second-order valence-electron chi connectivity index (χ2n) is 5.98. The first-order chi connectivity index (χ1) is 13.3. The molecule has 1 fully saturated rings. The first-order valence-electron chi connectivity index (χ1n) is 8.70. The van der Waals surface area contributed by atoms with Gasteiger partial charge in [-0.2, -0.15) is 16.7 Å². The van der Waals surface area contributed by atoms with Crippen molar-refractivity contribution in [3.63, 3.8) is 0 Å². The lowest BCUT2D eigenvalue weighted by atomic mass is 10.2. The minimum atomic E-state index is 0.205.